The summed E-state index contributed by atoms with van der Waals surface area (Å²) in [4.78, 5) is 10.7. The predicted octanol–water partition coefficient (Wildman–Crippen LogP) is 4.46. The lowest BCUT2D eigenvalue weighted by molar-refractivity contribution is 0.564. The zero-order valence-electron chi connectivity index (χ0n) is 11.3. The summed E-state index contributed by atoms with van der Waals surface area (Å²) in [7, 11) is 0. The fourth-order valence-corrected chi connectivity index (χ4v) is 4.53. The number of nitrogens with zero attached hydrogens (tertiary/aromatic N) is 2. The van der Waals surface area contributed by atoms with Crippen molar-refractivity contribution in [3.63, 3.8) is 0 Å². The second-order valence-electron chi connectivity index (χ2n) is 5.32. The number of aromatic nitrogens is 2. The summed E-state index contributed by atoms with van der Waals surface area (Å²) in [6.07, 6.45) is 5.13. The molecular formula is C16H14BrN3S. The van der Waals surface area contributed by atoms with Gasteiger partial charge in [-0.3, -0.25) is 4.98 Å². The molecule has 106 valence electrons. The first-order valence-corrected chi connectivity index (χ1v) is 8.64. The summed E-state index contributed by atoms with van der Waals surface area (Å²) in [5.74, 6) is 0. The van der Waals surface area contributed by atoms with E-state index in [1.807, 2.05) is 12.3 Å². The normalized spacial score (nSPS) is 17.9. The molecule has 0 radical (unpaired) electrons. The Balaban J connectivity index is 1.93. The largest absolute Gasteiger partial charge is 0.323 e. The van der Waals surface area contributed by atoms with Gasteiger partial charge in [-0.1, -0.05) is 22.0 Å². The Labute approximate surface area is 135 Å². The first kappa shape index (κ1) is 13.4. The predicted molar refractivity (Wildman–Crippen MR) is 90.4 cm³/mol. The maximum atomic E-state index is 6.20. The number of thiazole rings is 1. The van der Waals surface area contributed by atoms with Crippen LogP contribution in [0.1, 0.15) is 29.5 Å². The molecule has 0 fully saturated rings. The van der Waals surface area contributed by atoms with Gasteiger partial charge in [0, 0.05) is 32.5 Å². The molecule has 3 nitrogen and oxygen atoms in total. The van der Waals surface area contributed by atoms with Crippen LogP contribution in [0.25, 0.3) is 21.5 Å². The molecule has 0 bridgehead atoms. The van der Waals surface area contributed by atoms with Crippen LogP contribution in [0.4, 0.5) is 0 Å². The number of rotatable bonds is 1. The zero-order chi connectivity index (χ0) is 14.4. The van der Waals surface area contributed by atoms with E-state index in [0.717, 1.165) is 50.9 Å². The van der Waals surface area contributed by atoms with Crippen molar-refractivity contribution < 1.29 is 0 Å². The van der Waals surface area contributed by atoms with E-state index in [0.29, 0.717) is 0 Å². The van der Waals surface area contributed by atoms with E-state index in [9.17, 15) is 0 Å². The number of hydrogen-bond donors (Lipinski definition) is 1. The van der Waals surface area contributed by atoms with Gasteiger partial charge in [-0.25, -0.2) is 4.98 Å². The molecule has 0 saturated carbocycles. The van der Waals surface area contributed by atoms with Crippen LogP contribution in [0.2, 0.25) is 0 Å². The average molecular weight is 360 g/mol. The molecule has 0 amide bonds. The van der Waals surface area contributed by atoms with Crippen LogP contribution in [-0.2, 0) is 6.42 Å². The van der Waals surface area contributed by atoms with Crippen molar-refractivity contribution in [1.82, 2.24) is 9.97 Å². The van der Waals surface area contributed by atoms with Gasteiger partial charge in [0.1, 0.15) is 5.01 Å². The van der Waals surface area contributed by atoms with Gasteiger partial charge in [0.05, 0.1) is 11.2 Å². The van der Waals surface area contributed by atoms with E-state index in [4.69, 9.17) is 10.7 Å². The monoisotopic (exact) mass is 359 g/mol. The van der Waals surface area contributed by atoms with Crippen LogP contribution in [-0.4, -0.2) is 9.97 Å². The highest BCUT2D eigenvalue weighted by Gasteiger charge is 2.23. The maximum absolute atomic E-state index is 6.20. The topological polar surface area (TPSA) is 51.8 Å². The lowest BCUT2D eigenvalue weighted by Crippen LogP contribution is -2.16. The Hall–Kier alpha value is -1.30. The van der Waals surface area contributed by atoms with Gasteiger partial charge in [0.2, 0.25) is 0 Å². The van der Waals surface area contributed by atoms with Crippen LogP contribution in [0.5, 0.6) is 0 Å². The Morgan fingerprint density at radius 1 is 1.29 bits per heavy atom. The maximum Gasteiger partial charge on any atom is 0.126 e. The van der Waals surface area contributed by atoms with Crippen molar-refractivity contribution in [2.24, 2.45) is 5.73 Å². The smallest absolute Gasteiger partial charge is 0.126 e. The minimum absolute atomic E-state index is 0.0911. The molecule has 2 N–H and O–H groups in total. The molecule has 1 unspecified atom stereocenters. The van der Waals surface area contributed by atoms with Crippen molar-refractivity contribution >= 4 is 38.2 Å². The minimum atomic E-state index is 0.0911. The quantitative estimate of drug-likeness (QED) is 0.697. The Kier molecular flexibility index (Phi) is 3.28. The second-order valence-corrected chi connectivity index (χ2v) is 7.26. The van der Waals surface area contributed by atoms with Gasteiger partial charge in [-0.15, -0.1) is 11.3 Å². The summed E-state index contributed by atoms with van der Waals surface area (Å²) in [6, 6.07) is 8.29. The van der Waals surface area contributed by atoms with Crippen LogP contribution in [0.15, 0.2) is 34.9 Å². The molecule has 1 aliphatic rings. The standard InChI is InChI=1S/C16H14BrN3S/c17-11-7-6-10(14-9(11)3-2-8-19-14)16-20-15-12(18)4-1-5-13(15)21-16/h2-3,6-8,12H,1,4-5,18H2. The summed E-state index contributed by atoms with van der Waals surface area (Å²) < 4.78 is 1.06. The highest BCUT2D eigenvalue weighted by atomic mass is 79.9. The molecule has 0 spiro atoms. The van der Waals surface area contributed by atoms with Gasteiger partial charge >= 0.3 is 0 Å². The van der Waals surface area contributed by atoms with Crippen molar-refractivity contribution in [2.45, 2.75) is 25.3 Å². The highest BCUT2D eigenvalue weighted by molar-refractivity contribution is 9.10. The van der Waals surface area contributed by atoms with E-state index in [1.165, 1.54) is 4.88 Å². The summed E-state index contributed by atoms with van der Waals surface area (Å²) >= 11 is 5.36. The first-order valence-electron chi connectivity index (χ1n) is 7.03. The Morgan fingerprint density at radius 3 is 3.05 bits per heavy atom. The molecule has 4 rings (SSSR count). The van der Waals surface area contributed by atoms with E-state index >= 15 is 0 Å². The Morgan fingerprint density at radius 2 is 2.19 bits per heavy atom. The van der Waals surface area contributed by atoms with Crippen LogP contribution >= 0.6 is 27.3 Å². The van der Waals surface area contributed by atoms with Gasteiger partial charge in [-0.05, 0) is 37.5 Å². The molecule has 1 aliphatic carbocycles. The molecule has 5 heteroatoms. The molecule has 2 aromatic heterocycles. The van der Waals surface area contributed by atoms with Gasteiger partial charge in [0.15, 0.2) is 0 Å². The molecular weight excluding hydrogens is 346 g/mol. The number of nitrogens with two attached hydrogens (primary N) is 1. The number of aryl methyl sites for hydroxylation is 1. The second kappa shape index (κ2) is 5.16. The van der Waals surface area contributed by atoms with Crippen molar-refractivity contribution in [3.8, 4) is 10.6 Å². The minimum Gasteiger partial charge on any atom is -0.323 e. The zero-order valence-corrected chi connectivity index (χ0v) is 13.7. The highest BCUT2D eigenvalue weighted by Crippen LogP contribution is 2.39. The van der Waals surface area contributed by atoms with E-state index in [1.54, 1.807) is 11.3 Å². The van der Waals surface area contributed by atoms with Crippen LogP contribution < -0.4 is 5.73 Å². The lowest BCUT2D eigenvalue weighted by Gasteiger charge is -2.15. The third-order valence-electron chi connectivity index (χ3n) is 3.94. The van der Waals surface area contributed by atoms with Crippen LogP contribution in [0, 0.1) is 0 Å². The molecule has 0 aliphatic heterocycles. The van der Waals surface area contributed by atoms with E-state index < -0.39 is 0 Å². The average Bonchev–Trinajstić information content (AvgIpc) is 2.93. The number of benzene rings is 1. The molecule has 3 aromatic rings. The lowest BCUT2D eigenvalue weighted by atomic mass is 9.99. The summed E-state index contributed by atoms with van der Waals surface area (Å²) in [6.45, 7) is 0. The number of pyridine rings is 1. The van der Waals surface area contributed by atoms with E-state index in [2.05, 4.69) is 39.1 Å². The van der Waals surface area contributed by atoms with Gasteiger partial charge < -0.3 is 5.73 Å². The third kappa shape index (κ3) is 2.20. The first-order chi connectivity index (χ1) is 10.2. The number of fused-ring (bicyclic) bond motifs is 2. The molecule has 21 heavy (non-hydrogen) atoms. The van der Waals surface area contributed by atoms with E-state index in [-0.39, 0.29) is 6.04 Å². The number of halogens is 1. The molecule has 0 saturated heterocycles. The third-order valence-corrected chi connectivity index (χ3v) is 5.80. The molecule has 2 heterocycles. The fraction of sp³-hybridized carbons (Fsp3) is 0.250. The molecule has 1 atom stereocenters. The van der Waals surface area contributed by atoms with Crippen LogP contribution in [0.3, 0.4) is 0 Å². The van der Waals surface area contributed by atoms with Gasteiger partial charge in [-0.2, -0.15) is 0 Å². The van der Waals surface area contributed by atoms with Crippen molar-refractivity contribution in [3.05, 3.63) is 45.5 Å². The van der Waals surface area contributed by atoms with Gasteiger partial charge in [0.25, 0.3) is 0 Å². The molecule has 1 aromatic carbocycles. The fourth-order valence-electron chi connectivity index (χ4n) is 2.88. The van der Waals surface area contributed by atoms with Crippen molar-refractivity contribution in [2.75, 3.05) is 0 Å². The summed E-state index contributed by atoms with van der Waals surface area (Å²) in [5.41, 5.74) is 9.38. The number of hydrogen-bond acceptors (Lipinski definition) is 4. The SMILES string of the molecule is NC1CCCc2sc(-c3ccc(Br)c4cccnc34)nc21. The van der Waals surface area contributed by atoms with Crippen molar-refractivity contribution in [1.29, 1.82) is 0 Å². The Bertz CT molecular complexity index is 828. The summed E-state index contributed by atoms with van der Waals surface area (Å²) in [5, 5.41) is 2.15.